The molecule has 0 rings (SSSR count). The lowest BCUT2D eigenvalue weighted by molar-refractivity contribution is -0.237. The molecule has 0 bridgehead atoms. The highest BCUT2D eigenvalue weighted by Gasteiger charge is 2.46. The molecule has 17 heavy (non-hydrogen) atoms. The number of hydrogen-bond acceptors (Lipinski definition) is 2. The van der Waals surface area contributed by atoms with Crippen molar-refractivity contribution in [2.24, 2.45) is 5.41 Å². The van der Waals surface area contributed by atoms with Gasteiger partial charge in [0.05, 0.1) is 5.78 Å². The summed E-state index contributed by atoms with van der Waals surface area (Å²) in [5.74, 6) is -0.398. The zero-order valence-electron chi connectivity index (χ0n) is 12.7. The third kappa shape index (κ3) is 4.08. The van der Waals surface area contributed by atoms with Crippen molar-refractivity contribution in [3.63, 3.8) is 0 Å². The average Bonchev–Trinajstić information content (AvgIpc) is 2.14. The summed E-state index contributed by atoms with van der Waals surface area (Å²) in [6.45, 7) is 15.5. The number of nitrogens with zero attached hydrogens (tertiary/aromatic N) is 1. The van der Waals surface area contributed by atoms with Crippen molar-refractivity contribution in [2.45, 2.75) is 66.7 Å². The molecule has 0 saturated heterocycles. The minimum Gasteiger partial charge on any atom is -0.322 e. The Hall–Kier alpha value is 0.150. The molecule has 0 aromatic carbocycles. The summed E-state index contributed by atoms with van der Waals surface area (Å²) < 4.78 is 12.9. The van der Waals surface area contributed by atoms with E-state index in [4.69, 9.17) is 0 Å². The van der Waals surface area contributed by atoms with E-state index in [2.05, 4.69) is 0 Å². The Morgan fingerprint density at radius 1 is 1.00 bits per heavy atom. The molecule has 1 atom stereocenters. The van der Waals surface area contributed by atoms with E-state index in [1.165, 1.54) is 0 Å². The first kappa shape index (κ1) is 17.2. The second-order valence-electron chi connectivity index (χ2n) is 6.82. The van der Waals surface area contributed by atoms with Gasteiger partial charge in [0.15, 0.2) is 0 Å². The number of hydrogen-bond donors (Lipinski definition) is 0. The fraction of sp³-hybridized carbons (Fsp3) is 1.00. The van der Waals surface area contributed by atoms with E-state index in [0.29, 0.717) is 12.3 Å². The fourth-order valence-electron chi connectivity index (χ4n) is 2.19. The van der Waals surface area contributed by atoms with Gasteiger partial charge in [-0.1, -0.05) is 34.6 Å². The summed E-state index contributed by atoms with van der Waals surface area (Å²) in [6.07, 6.45) is 1.19. The molecule has 0 spiro atoms. The van der Waals surface area contributed by atoms with E-state index in [9.17, 15) is 9.77 Å². The summed E-state index contributed by atoms with van der Waals surface area (Å²) in [6, 6.07) is 0. The molecule has 0 aromatic rings. The molecule has 1 unspecified atom stereocenters. The van der Waals surface area contributed by atoms with Crippen molar-refractivity contribution in [3.05, 3.63) is 0 Å². The van der Waals surface area contributed by atoms with Gasteiger partial charge in [0.1, 0.15) is 7.14 Å². The standard InChI is InChI=1S/C13H29NO2P/c1-9-17(16,10-2)11(12(3,4)5)14(15)13(6,7)8/h11H,9-10H2,1-8H3. The molecule has 0 saturated carbocycles. The molecule has 1 radical (unpaired) electrons. The zero-order valence-corrected chi connectivity index (χ0v) is 13.6. The van der Waals surface area contributed by atoms with Crippen molar-refractivity contribution in [1.82, 2.24) is 5.06 Å². The monoisotopic (exact) mass is 262 g/mol. The highest BCUT2D eigenvalue weighted by molar-refractivity contribution is 7.64. The molecule has 103 valence electrons. The minimum atomic E-state index is -2.45. The fourth-order valence-corrected chi connectivity index (χ4v) is 5.46. The minimum absolute atomic E-state index is 0.267. The van der Waals surface area contributed by atoms with Crippen LogP contribution in [0.4, 0.5) is 0 Å². The molecule has 0 aliphatic carbocycles. The first-order valence-corrected chi connectivity index (χ1v) is 8.59. The van der Waals surface area contributed by atoms with Gasteiger partial charge in [-0.25, -0.2) is 0 Å². The lowest BCUT2D eigenvalue weighted by atomic mass is 9.94. The summed E-state index contributed by atoms with van der Waals surface area (Å²) in [7, 11) is -2.45. The van der Waals surface area contributed by atoms with Crippen LogP contribution >= 0.6 is 7.14 Å². The highest BCUT2D eigenvalue weighted by atomic mass is 31.2. The lowest BCUT2D eigenvalue weighted by Crippen LogP contribution is -2.50. The van der Waals surface area contributed by atoms with Gasteiger partial charge in [-0.2, -0.15) is 0 Å². The van der Waals surface area contributed by atoms with E-state index in [1.54, 1.807) is 0 Å². The van der Waals surface area contributed by atoms with Crippen molar-refractivity contribution in [1.29, 1.82) is 0 Å². The molecule has 4 heteroatoms. The molecule has 0 N–H and O–H groups in total. The predicted octanol–water partition coefficient (Wildman–Crippen LogP) is 4.21. The molecule has 0 aliphatic heterocycles. The van der Waals surface area contributed by atoms with Gasteiger partial charge in [-0.05, 0) is 38.5 Å². The highest BCUT2D eigenvalue weighted by Crippen LogP contribution is 2.58. The Morgan fingerprint density at radius 3 is 1.53 bits per heavy atom. The summed E-state index contributed by atoms with van der Waals surface area (Å²) in [5.41, 5.74) is -0.769. The largest absolute Gasteiger partial charge is 0.322 e. The van der Waals surface area contributed by atoms with E-state index < -0.39 is 18.5 Å². The predicted molar refractivity (Wildman–Crippen MR) is 74.2 cm³/mol. The van der Waals surface area contributed by atoms with Gasteiger partial charge in [-0.3, -0.25) is 0 Å². The quantitative estimate of drug-likeness (QED) is 0.562. The van der Waals surface area contributed by atoms with Crippen LogP contribution in [0.3, 0.4) is 0 Å². The summed E-state index contributed by atoms with van der Waals surface area (Å²) in [5, 5.41) is 13.6. The van der Waals surface area contributed by atoms with Crippen molar-refractivity contribution in [2.75, 3.05) is 12.3 Å². The Bertz CT molecular complexity index is 281. The van der Waals surface area contributed by atoms with Gasteiger partial charge in [0, 0.05) is 5.54 Å². The van der Waals surface area contributed by atoms with Crippen LogP contribution in [-0.2, 0) is 9.77 Å². The van der Waals surface area contributed by atoms with Crippen LogP contribution in [-0.4, -0.2) is 28.7 Å². The molecular weight excluding hydrogens is 233 g/mol. The molecule has 0 aliphatic rings. The molecule has 0 aromatic heterocycles. The summed E-state index contributed by atoms with van der Waals surface area (Å²) in [4.78, 5) is 0. The van der Waals surface area contributed by atoms with Crippen LogP contribution in [0.5, 0.6) is 0 Å². The molecule has 0 heterocycles. The van der Waals surface area contributed by atoms with E-state index in [-0.39, 0.29) is 5.41 Å². The van der Waals surface area contributed by atoms with Gasteiger partial charge >= 0.3 is 0 Å². The molecule has 3 nitrogen and oxygen atoms in total. The van der Waals surface area contributed by atoms with Crippen LogP contribution in [0.15, 0.2) is 0 Å². The second kappa shape index (κ2) is 5.42. The van der Waals surface area contributed by atoms with Gasteiger partial charge in [0.25, 0.3) is 0 Å². The molecule has 0 amide bonds. The van der Waals surface area contributed by atoms with Gasteiger partial charge in [0.2, 0.25) is 0 Å². The maximum Gasteiger partial charge on any atom is 0.106 e. The van der Waals surface area contributed by atoms with Crippen LogP contribution in [0, 0.1) is 5.41 Å². The number of rotatable bonds is 4. The Balaban J connectivity index is 5.54. The third-order valence-electron chi connectivity index (χ3n) is 3.17. The topological polar surface area (TPSA) is 40.2 Å². The first-order valence-electron chi connectivity index (χ1n) is 6.44. The Morgan fingerprint density at radius 2 is 1.35 bits per heavy atom. The van der Waals surface area contributed by atoms with Gasteiger partial charge < -0.3 is 4.57 Å². The van der Waals surface area contributed by atoms with Crippen molar-refractivity contribution >= 4 is 7.14 Å². The maximum absolute atomic E-state index is 12.9. The van der Waals surface area contributed by atoms with Crippen molar-refractivity contribution < 1.29 is 9.77 Å². The van der Waals surface area contributed by atoms with Crippen molar-refractivity contribution in [3.8, 4) is 0 Å². The normalized spacial score (nSPS) is 16.4. The molecular formula is C13H29NO2P. The smallest absolute Gasteiger partial charge is 0.106 e. The van der Waals surface area contributed by atoms with Gasteiger partial charge in [-0.15, -0.1) is 10.3 Å². The van der Waals surface area contributed by atoms with Crippen LogP contribution in [0.25, 0.3) is 0 Å². The second-order valence-corrected chi connectivity index (χ2v) is 10.5. The van der Waals surface area contributed by atoms with Crippen LogP contribution < -0.4 is 0 Å². The maximum atomic E-state index is 12.9. The zero-order chi connectivity index (χ0) is 14.1. The third-order valence-corrected chi connectivity index (χ3v) is 7.19. The first-order chi connectivity index (χ1) is 7.40. The van der Waals surface area contributed by atoms with E-state index in [0.717, 1.165) is 5.06 Å². The van der Waals surface area contributed by atoms with E-state index in [1.807, 2.05) is 55.4 Å². The SMILES string of the molecule is CCP(=O)(CC)C(N([O])C(C)(C)C)C(C)(C)C. The Labute approximate surface area is 107 Å². The van der Waals surface area contributed by atoms with Crippen LogP contribution in [0.1, 0.15) is 55.4 Å². The Kier molecular flexibility index (Phi) is 5.47. The number of hydroxylamine groups is 2. The molecule has 0 fully saturated rings. The van der Waals surface area contributed by atoms with Crippen LogP contribution in [0.2, 0.25) is 0 Å². The average molecular weight is 262 g/mol. The summed E-state index contributed by atoms with van der Waals surface area (Å²) >= 11 is 0. The lowest BCUT2D eigenvalue weighted by Gasteiger charge is -2.44. The van der Waals surface area contributed by atoms with E-state index >= 15 is 0 Å².